The fourth-order valence-corrected chi connectivity index (χ4v) is 4.20. The molecule has 1 saturated heterocycles. The number of morpholine rings is 1. The van der Waals surface area contributed by atoms with Gasteiger partial charge in [-0.2, -0.15) is 5.10 Å². The first-order valence-electron chi connectivity index (χ1n) is 12.1. The first-order valence-corrected chi connectivity index (χ1v) is 12.1. The van der Waals surface area contributed by atoms with Crippen molar-refractivity contribution in [3.8, 4) is 28.4 Å². The number of para-hydroxylation sites is 1. The minimum atomic E-state index is -0.118. The van der Waals surface area contributed by atoms with Crippen LogP contribution >= 0.6 is 12.4 Å². The fourth-order valence-electron chi connectivity index (χ4n) is 4.20. The Balaban J connectivity index is 0.00000304. The van der Waals surface area contributed by atoms with Gasteiger partial charge in [0.1, 0.15) is 18.9 Å². The maximum atomic E-state index is 12.5. The lowest BCUT2D eigenvalue weighted by molar-refractivity contribution is -0.116. The van der Waals surface area contributed by atoms with E-state index in [4.69, 9.17) is 19.3 Å². The van der Waals surface area contributed by atoms with E-state index in [1.165, 1.54) is 0 Å². The highest BCUT2D eigenvalue weighted by atomic mass is 35.5. The van der Waals surface area contributed by atoms with Crippen LogP contribution in [0.5, 0.6) is 11.5 Å². The molecule has 3 aromatic rings. The summed E-state index contributed by atoms with van der Waals surface area (Å²) >= 11 is 0. The van der Waals surface area contributed by atoms with E-state index in [1.54, 1.807) is 6.08 Å². The van der Waals surface area contributed by atoms with Gasteiger partial charge in [0.2, 0.25) is 5.91 Å². The summed E-state index contributed by atoms with van der Waals surface area (Å²) in [5, 5.41) is 7.81. The van der Waals surface area contributed by atoms with Crippen LogP contribution in [0, 0.1) is 0 Å². The van der Waals surface area contributed by atoms with Crippen molar-refractivity contribution in [2.45, 2.75) is 6.42 Å². The Labute approximate surface area is 217 Å². The number of amides is 1. The zero-order chi connectivity index (χ0) is 23.9. The van der Waals surface area contributed by atoms with Crippen LogP contribution in [0.3, 0.4) is 0 Å². The molecule has 0 radical (unpaired) electrons. The first-order chi connectivity index (χ1) is 17.3. The molecule has 3 heterocycles. The molecule has 9 heteroatoms. The van der Waals surface area contributed by atoms with E-state index in [2.05, 4.69) is 10.2 Å². The molecule has 2 aliphatic heterocycles. The van der Waals surface area contributed by atoms with Gasteiger partial charge >= 0.3 is 0 Å². The molecule has 190 valence electrons. The third-order valence-corrected chi connectivity index (χ3v) is 6.05. The summed E-state index contributed by atoms with van der Waals surface area (Å²) in [5.41, 5.74) is 3.45. The van der Waals surface area contributed by atoms with Gasteiger partial charge in [0.05, 0.1) is 18.9 Å². The number of rotatable bonds is 8. The summed E-state index contributed by atoms with van der Waals surface area (Å²) in [7, 11) is 0. The number of hydrogen-bond acceptors (Lipinski definition) is 6. The molecule has 0 unspecified atom stereocenters. The van der Waals surface area contributed by atoms with E-state index < -0.39 is 0 Å². The minimum absolute atomic E-state index is 0. The van der Waals surface area contributed by atoms with Crippen LogP contribution in [0.2, 0.25) is 0 Å². The lowest BCUT2D eigenvalue weighted by atomic mass is 10.1. The van der Waals surface area contributed by atoms with Crippen molar-refractivity contribution in [2.75, 3.05) is 52.6 Å². The van der Waals surface area contributed by atoms with Crippen LogP contribution in [-0.4, -0.2) is 73.2 Å². The molecule has 0 atom stereocenters. The standard InChI is InChI=1S/C27H30N4O4.ClH/c32-26(28-11-4-12-30-13-15-33-16-14-30)10-8-22-20-31(23-5-2-1-3-6-23)29-27(22)21-7-9-24-25(19-21)35-18-17-34-24;/h1-3,5-10,19-20H,4,11-18H2,(H,28,32);1H/b10-8+;. The highest BCUT2D eigenvalue weighted by molar-refractivity contribution is 5.92. The van der Waals surface area contributed by atoms with Crippen molar-refractivity contribution in [1.29, 1.82) is 0 Å². The van der Waals surface area contributed by atoms with Crippen LogP contribution in [0.4, 0.5) is 0 Å². The second-order valence-electron chi connectivity index (χ2n) is 8.50. The van der Waals surface area contributed by atoms with Gasteiger partial charge in [0.15, 0.2) is 11.5 Å². The predicted octanol–water partition coefficient (Wildman–Crippen LogP) is 3.58. The smallest absolute Gasteiger partial charge is 0.244 e. The number of nitrogens with zero attached hydrogens (tertiary/aromatic N) is 3. The number of nitrogens with one attached hydrogen (secondary N) is 1. The number of ether oxygens (including phenoxy) is 3. The van der Waals surface area contributed by atoms with Crippen molar-refractivity contribution in [3.63, 3.8) is 0 Å². The average molecular weight is 511 g/mol. The third kappa shape index (κ3) is 6.46. The number of hydrogen-bond donors (Lipinski definition) is 1. The van der Waals surface area contributed by atoms with Gasteiger partial charge in [-0.15, -0.1) is 12.4 Å². The fraction of sp³-hybridized carbons (Fsp3) is 0.333. The summed E-state index contributed by atoms with van der Waals surface area (Å²) in [4.78, 5) is 14.9. The zero-order valence-corrected chi connectivity index (χ0v) is 20.9. The summed E-state index contributed by atoms with van der Waals surface area (Å²) in [6.45, 7) is 6.17. The molecule has 2 aromatic carbocycles. The van der Waals surface area contributed by atoms with Gasteiger partial charge in [0.25, 0.3) is 0 Å². The summed E-state index contributed by atoms with van der Waals surface area (Å²) < 4.78 is 18.6. The molecule has 1 fully saturated rings. The quantitative estimate of drug-likeness (QED) is 0.368. The lowest BCUT2D eigenvalue weighted by Crippen LogP contribution is -2.38. The Morgan fingerprint density at radius 3 is 2.58 bits per heavy atom. The summed E-state index contributed by atoms with van der Waals surface area (Å²) in [6, 6.07) is 15.7. The van der Waals surface area contributed by atoms with Crippen LogP contribution in [-0.2, 0) is 9.53 Å². The predicted molar refractivity (Wildman–Crippen MR) is 141 cm³/mol. The largest absolute Gasteiger partial charge is 0.486 e. The molecule has 5 rings (SSSR count). The summed E-state index contributed by atoms with van der Waals surface area (Å²) in [6.07, 6.45) is 6.23. The van der Waals surface area contributed by atoms with Crippen LogP contribution in [0.15, 0.2) is 60.8 Å². The van der Waals surface area contributed by atoms with Gasteiger partial charge in [-0.3, -0.25) is 9.69 Å². The average Bonchev–Trinajstić information content (AvgIpc) is 3.35. The molecule has 8 nitrogen and oxygen atoms in total. The normalized spacial score (nSPS) is 15.4. The maximum Gasteiger partial charge on any atom is 0.244 e. The number of halogens is 1. The van der Waals surface area contributed by atoms with Gasteiger partial charge in [0, 0.05) is 43.0 Å². The second kappa shape index (κ2) is 12.6. The van der Waals surface area contributed by atoms with E-state index in [-0.39, 0.29) is 18.3 Å². The Hall–Kier alpha value is -3.33. The minimum Gasteiger partial charge on any atom is -0.486 e. The molecular weight excluding hydrogens is 480 g/mol. The molecular formula is C27H31ClN4O4. The molecule has 0 spiro atoms. The van der Waals surface area contributed by atoms with E-state index in [9.17, 15) is 4.79 Å². The van der Waals surface area contributed by atoms with E-state index in [1.807, 2.05) is 65.5 Å². The van der Waals surface area contributed by atoms with Crippen LogP contribution < -0.4 is 14.8 Å². The summed E-state index contributed by atoms with van der Waals surface area (Å²) in [5.74, 6) is 1.32. The number of benzene rings is 2. The van der Waals surface area contributed by atoms with Crippen molar-refractivity contribution in [3.05, 3.63) is 66.4 Å². The van der Waals surface area contributed by atoms with Crippen molar-refractivity contribution < 1.29 is 19.0 Å². The molecule has 0 saturated carbocycles. The Bertz CT molecular complexity index is 1180. The van der Waals surface area contributed by atoms with Crippen LogP contribution in [0.25, 0.3) is 23.0 Å². The Morgan fingerprint density at radius 2 is 1.78 bits per heavy atom. The van der Waals surface area contributed by atoms with Gasteiger partial charge in [-0.25, -0.2) is 4.68 Å². The number of fused-ring (bicyclic) bond motifs is 1. The molecule has 36 heavy (non-hydrogen) atoms. The molecule has 0 bridgehead atoms. The van der Waals surface area contributed by atoms with Gasteiger partial charge in [-0.05, 0) is 49.4 Å². The van der Waals surface area contributed by atoms with E-state index in [0.717, 1.165) is 67.5 Å². The van der Waals surface area contributed by atoms with Gasteiger partial charge in [-0.1, -0.05) is 18.2 Å². The van der Waals surface area contributed by atoms with E-state index >= 15 is 0 Å². The molecule has 1 aromatic heterocycles. The molecule has 2 aliphatic rings. The second-order valence-corrected chi connectivity index (χ2v) is 8.50. The Morgan fingerprint density at radius 1 is 1.00 bits per heavy atom. The number of aromatic nitrogens is 2. The maximum absolute atomic E-state index is 12.5. The highest BCUT2D eigenvalue weighted by Crippen LogP contribution is 2.35. The Kier molecular flexibility index (Phi) is 9.00. The first kappa shape index (κ1) is 25.8. The van der Waals surface area contributed by atoms with Crippen LogP contribution in [0.1, 0.15) is 12.0 Å². The molecule has 1 N–H and O–H groups in total. The van der Waals surface area contributed by atoms with Crippen molar-refractivity contribution >= 4 is 24.4 Å². The van der Waals surface area contributed by atoms with Crippen molar-refractivity contribution in [2.24, 2.45) is 0 Å². The third-order valence-electron chi connectivity index (χ3n) is 6.05. The topological polar surface area (TPSA) is 77.9 Å². The monoisotopic (exact) mass is 510 g/mol. The molecule has 1 amide bonds. The van der Waals surface area contributed by atoms with Gasteiger partial charge < -0.3 is 19.5 Å². The SMILES string of the molecule is Cl.O=C(/C=C/c1cn(-c2ccccc2)nc1-c1ccc2c(c1)OCCO2)NCCCN1CCOCC1. The van der Waals surface area contributed by atoms with Crippen molar-refractivity contribution in [1.82, 2.24) is 20.0 Å². The lowest BCUT2D eigenvalue weighted by Gasteiger charge is -2.26. The van der Waals surface area contributed by atoms with E-state index in [0.29, 0.717) is 25.5 Å². The highest BCUT2D eigenvalue weighted by Gasteiger charge is 2.16. The molecule has 0 aliphatic carbocycles. The number of carbonyl (C=O) groups is 1. The zero-order valence-electron chi connectivity index (χ0n) is 20.1. The number of carbonyl (C=O) groups excluding carboxylic acids is 1.